The van der Waals surface area contributed by atoms with Gasteiger partial charge in [0.25, 0.3) is 5.56 Å². The van der Waals surface area contributed by atoms with Crippen molar-refractivity contribution < 1.29 is 9.47 Å². The van der Waals surface area contributed by atoms with Crippen LogP contribution in [0.2, 0.25) is 0 Å². The van der Waals surface area contributed by atoms with E-state index in [2.05, 4.69) is 20.2 Å². The molecule has 2 aromatic carbocycles. The van der Waals surface area contributed by atoms with E-state index in [1.54, 1.807) is 20.3 Å². The first-order valence-electron chi connectivity index (χ1n) is 8.42. The van der Waals surface area contributed by atoms with Gasteiger partial charge in [0, 0.05) is 11.3 Å². The van der Waals surface area contributed by atoms with Gasteiger partial charge in [0.2, 0.25) is 5.95 Å². The smallest absolute Gasteiger partial charge is 0.269 e. The number of thioether (sulfide) groups is 1. The summed E-state index contributed by atoms with van der Waals surface area (Å²) in [6, 6.07) is 12.8. The van der Waals surface area contributed by atoms with Crippen LogP contribution in [0.4, 0.5) is 0 Å². The molecular weight excluding hydrogens is 378 g/mol. The summed E-state index contributed by atoms with van der Waals surface area (Å²) in [5, 5.41) is 7.62. The first kappa shape index (κ1) is 18.1. The fourth-order valence-corrected chi connectivity index (χ4v) is 3.81. The lowest BCUT2D eigenvalue weighted by Crippen LogP contribution is -2.22. The predicted molar refractivity (Wildman–Crippen MR) is 106 cm³/mol. The highest BCUT2D eigenvalue weighted by molar-refractivity contribution is 7.98. The Labute approximate surface area is 164 Å². The molecule has 0 atom stereocenters. The zero-order valence-corrected chi connectivity index (χ0v) is 16.1. The molecule has 2 heterocycles. The molecule has 0 saturated heterocycles. The van der Waals surface area contributed by atoms with Gasteiger partial charge in [-0.3, -0.25) is 4.79 Å². The average molecular weight is 395 g/mol. The van der Waals surface area contributed by atoms with Gasteiger partial charge in [-0.2, -0.15) is 10.1 Å². The molecular formula is C19H17N5O3S. The molecule has 0 aliphatic carbocycles. The number of H-pyrrole nitrogens is 1. The molecule has 4 aromatic rings. The lowest BCUT2D eigenvalue weighted by atomic mass is 10.2. The average Bonchev–Trinajstić information content (AvgIpc) is 3.26. The van der Waals surface area contributed by atoms with Crippen LogP contribution in [-0.4, -0.2) is 39.0 Å². The summed E-state index contributed by atoms with van der Waals surface area (Å²) < 4.78 is 12.2. The highest BCUT2D eigenvalue weighted by Gasteiger charge is 2.16. The molecule has 8 nitrogen and oxygen atoms in total. The molecule has 28 heavy (non-hydrogen) atoms. The first-order valence-corrected chi connectivity index (χ1v) is 9.41. The van der Waals surface area contributed by atoms with E-state index in [1.807, 2.05) is 36.4 Å². The summed E-state index contributed by atoms with van der Waals surface area (Å²) in [6.45, 7) is 0. The van der Waals surface area contributed by atoms with E-state index in [4.69, 9.17) is 9.47 Å². The second-order valence-electron chi connectivity index (χ2n) is 5.83. The third kappa shape index (κ3) is 3.31. The number of ether oxygens (including phenoxy) is 2. The Balaban J connectivity index is 1.79. The number of para-hydroxylation sites is 1. The van der Waals surface area contributed by atoms with Crippen LogP contribution >= 0.6 is 11.8 Å². The van der Waals surface area contributed by atoms with Gasteiger partial charge in [-0.25, -0.2) is 14.6 Å². The maximum atomic E-state index is 13.1. The number of hydrogen-bond donors (Lipinski definition) is 1. The van der Waals surface area contributed by atoms with E-state index in [0.717, 1.165) is 17.1 Å². The van der Waals surface area contributed by atoms with Gasteiger partial charge in [-0.15, -0.1) is 0 Å². The molecule has 0 bridgehead atoms. The molecule has 0 spiro atoms. The molecule has 0 saturated carbocycles. The third-order valence-corrected chi connectivity index (χ3v) is 5.19. The van der Waals surface area contributed by atoms with Crippen LogP contribution in [0, 0.1) is 0 Å². The van der Waals surface area contributed by atoms with Crippen molar-refractivity contribution in [1.82, 2.24) is 24.7 Å². The Bertz CT molecular complexity index is 1170. The number of fused-ring (bicyclic) bond motifs is 1. The van der Waals surface area contributed by atoms with Crippen molar-refractivity contribution >= 4 is 22.7 Å². The minimum atomic E-state index is -0.206. The van der Waals surface area contributed by atoms with E-state index < -0.39 is 0 Å². The second kappa shape index (κ2) is 7.73. The number of aromatic amines is 1. The zero-order chi connectivity index (χ0) is 19.5. The van der Waals surface area contributed by atoms with Gasteiger partial charge in [0.1, 0.15) is 17.8 Å². The third-order valence-electron chi connectivity index (χ3n) is 4.20. The molecule has 0 aliphatic heterocycles. The van der Waals surface area contributed by atoms with Crippen LogP contribution in [0.25, 0.3) is 16.9 Å². The molecule has 2 aromatic heterocycles. The maximum absolute atomic E-state index is 13.1. The summed E-state index contributed by atoms with van der Waals surface area (Å²) in [5.41, 5.74) is 1.35. The van der Waals surface area contributed by atoms with Gasteiger partial charge in [-0.1, -0.05) is 23.9 Å². The topological polar surface area (TPSA) is 94.9 Å². The molecule has 9 heteroatoms. The van der Waals surface area contributed by atoms with Crippen LogP contribution in [-0.2, 0) is 5.75 Å². The fourth-order valence-electron chi connectivity index (χ4n) is 2.84. The predicted octanol–water partition coefficient (Wildman–Crippen LogP) is 2.81. The Kier molecular flexibility index (Phi) is 4.98. The highest BCUT2D eigenvalue weighted by Crippen LogP contribution is 2.30. The SMILES string of the molecule is COc1ccc(OC)c(CSc2nc3ccccc3c(=O)n2-c2ncn[nH]2)c1. The van der Waals surface area contributed by atoms with Crippen LogP contribution in [0.5, 0.6) is 11.5 Å². The van der Waals surface area contributed by atoms with Gasteiger partial charge < -0.3 is 9.47 Å². The van der Waals surface area contributed by atoms with Gasteiger partial charge in [0.15, 0.2) is 5.16 Å². The van der Waals surface area contributed by atoms with Crippen molar-refractivity contribution in [3.8, 4) is 17.4 Å². The lowest BCUT2D eigenvalue weighted by molar-refractivity contribution is 0.400. The van der Waals surface area contributed by atoms with Crippen molar-refractivity contribution in [2.24, 2.45) is 0 Å². The van der Waals surface area contributed by atoms with E-state index in [1.165, 1.54) is 22.7 Å². The monoisotopic (exact) mass is 395 g/mol. The second-order valence-corrected chi connectivity index (χ2v) is 6.77. The molecule has 1 N–H and O–H groups in total. The zero-order valence-electron chi connectivity index (χ0n) is 15.2. The van der Waals surface area contributed by atoms with Crippen molar-refractivity contribution in [2.75, 3.05) is 14.2 Å². The maximum Gasteiger partial charge on any atom is 0.269 e. The van der Waals surface area contributed by atoms with Crippen molar-refractivity contribution in [3.05, 3.63) is 64.7 Å². The first-order chi connectivity index (χ1) is 13.7. The number of hydrogen-bond acceptors (Lipinski definition) is 7. The number of methoxy groups -OCH3 is 2. The normalized spacial score (nSPS) is 10.9. The number of aromatic nitrogens is 5. The highest BCUT2D eigenvalue weighted by atomic mass is 32.2. The van der Waals surface area contributed by atoms with Gasteiger partial charge in [-0.05, 0) is 30.3 Å². The molecule has 0 radical (unpaired) electrons. The van der Waals surface area contributed by atoms with Crippen LogP contribution in [0.1, 0.15) is 5.56 Å². The standard InChI is InChI=1S/C19H17N5O3S/c1-26-13-7-8-16(27-2)12(9-13)10-28-19-22-15-6-4-3-5-14(15)17(25)24(19)18-20-11-21-23-18/h3-9,11H,10H2,1-2H3,(H,20,21,23). The Hall–Kier alpha value is -3.33. The van der Waals surface area contributed by atoms with E-state index in [9.17, 15) is 4.79 Å². The Morgan fingerprint density at radius 3 is 2.75 bits per heavy atom. The molecule has 0 aliphatic rings. The van der Waals surface area contributed by atoms with E-state index in [0.29, 0.717) is 27.8 Å². The van der Waals surface area contributed by atoms with Crippen molar-refractivity contribution in [3.63, 3.8) is 0 Å². The van der Waals surface area contributed by atoms with Crippen LogP contribution < -0.4 is 15.0 Å². The van der Waals surface area contributed by atoms with Crippen molar-refractivity contribution in [2.45, 2.75) is 10.9 Å². The Morgan fingerprint density at radius 2 is 2.00 bits per heavy atom. The Morgan fingerprint density at radius 1 is 1.14 bits per heavy atom. The van der Waals surface area contributed by atoms with E-state index >= 15 is 0 Å². The van der Waals surface area contributed by atoms with Crippen LogP contribution in [0.3, 0.4) is 0 Å². The molecule has 0 amide bonds. The van der Waals surface area contributed by atoms with Gasteiger partial charge >= 0.3 is 0 Å². The van der Waals surface area contributed by atoms with E-state index in [-0.39, 0.29) is 5.56 Å². The molecule has 142 valence electrons. The molecule has 0 unspecified atom stereocenters. The lowest BCUT2D eigenvalue weighted by Gasteiger charge is -2.13. The van der Waals surface area contributed by atoms with Crippen LogP contribution in [0.15, 0.2) is 58.7 Å². The minimum Gasteiger partial charge on any atom is -0.497 e. The molecule has 4 rings (SSSR count). The summed E-state index contributed by atoms with van der Waals surface area (Å²) >= 11 is 1.40. The quantitative estimate of drug-likeness (QED) is 0.396. The minimum absolute atomic E-state index is 0.206. The number of nitrogens with one attached hydrogen (secondary N) is 1. The number of rotatable bonds is 6. The van der Waals surface area contributed by atoms with Gasteiger partial charge in [0.05, 0.1) is 25.1 Å². The summed E-state index contributed by atoms with van der Waals surface area (Å²) in [4.78, 5) is 21.9. The largest absolute Gasteiger partial charge is 0.497 e. The molecule has 0 fully saturated rings. The summed E-state index contributed by atoms with van der Waals surface area (Å²) in [5.74, 6) is 2.32. The fraction of sp³-hybridized carbons (Fsp3) is 0.158. The summed E-state index contributed by atoms with van der Waals surface area (Å²) in [7, 11) is 3.24. The van der Waals surface area contributed by atoms with Crippen molar-refractivity contribution in [1.29, 1.82) is 0 Å². The number of benzene rings is 2. The summed E-state index contributed by atoms with van der Waals surface area (Å²) in [6.07, 6.45) is 1.36. The number of nitrogens with zero attached hydrogens (tertiary/aromatic N) is 4.